The second-order valence-electron chi connectivity index (χ2n) is 6.29. The van der Waals surface area contributed by atoms with Crippen LogP contribution in [0.5, 0.6) is 0 Å². The smallest absolute Gasteiger partial charge is 0.231 e. The highest BCUT2D eigenvalue weighted by Crippen LogP contribution is 2.28. The molecule has 0 atom stereocenters. The van der Waals surface area contributed by atoms with E-state index in [0.29, 0.717) is 18.1 Å². The fraction of sp³-hybridized carbons (Fsp3) is 0.316. The molecule has 1 amide bonds. The molecule has 5 nitrogen and oxygen atoms in total. The molecule has 1 aliphatic rings. The number of amides is 1. The summed E-state index contributed by atoms with van der Waals surface area (Å²) in [5, 5.41) is 9.11. The zero-order chi connectivity index (χ0) is 17.1. The quantitative estimate of drug-likeness (QED) is 0.732. The third-order valence-electron chi connectivity index (χ3n) is 4.55. The van der Waals surface area contributed by atoms with E-state index in [-0.39, 0.29) is 11.8 Å². The molecular weight excluding hydrogens is 334 g/mol. The van der Waals surface area contributed by atoms with Gasteiger partial charge in [-0.1, -0.05) is 42.3 Å². The number of aromatic nitrogens is 2. The van der Waals surface area contributed by atoms with Crippen LogP contribution in [0, 0.1) is 5.92 Å². The van der Waals surface area contributed by atoms with Crippen molar-refractivity contribution in [3.05, 3.63) is 53.2 Å². The lowest BCUT2D eigenvalue weighted by Gasteiger charge is -2.13. The van der Waals surface area contributed by atoms with Crippen molar-refractivity contribution in [2.45, 2.75) is 32.1 Å². The van der Waals surface area contributed by atoms with Gasteiger partial charge in [-0.2, -0.15) is 4.98 Å². The number of nitrogens with zero attached hydrogens (tertiary/aromatic N) is 2. The Balaban J connectivity index is 1.50. The molecule has 1 N–H and O–H groups in total. The highest BCUT2D eigenvalue weighted by atomic mass is 32.1. The topological polar surface area (TPSA) is 68.0 Å². The maximum atomic E-state index is 12.4. The van der Waals surface area contributed by atoms with Crippen LogP contribution in [-0.4, -0.2) is 16.0 Å². The molecule has 0 unspecified atom stereocenters. The fourth-order valence-corrected chi connectivity index (χ4v) is 3.86. The van der Waals surface area contributed by atoms with E-state index in [9.17, 15) is 4.79 Å². The Morgan fingerprint density at radius 1 is 1.20 bits per heavy atom. The lowest BCUT2D eigenvalue weighted by molar-refractivity contribution is -0.119. The predicted octanol–water partition coefficient (Wildman–Crippen LogP) is 4.52. The Hall–Kier alpha value is -2.47. The standard InChI is InChI=1S/C19H19N3O2S/c23-19(13-6-1-2-7-13)20-15-9-4-3-8-14(15)12-17-21-18(22-24-17)16-10-5-11-25-16/h3-5,8-11,13H,1-2,6-7,12H2,(H,20,23). The summed E-state index contributed by atoms with van der Waals surface area (Å²) in [4.78, 5) is 17.9. The van der Waals surface area contributed by atoms with Crippen molar-refractivity contribution in [1.29, 1.82) is 0 Å². The maximum Gasteiger partial charge on any atom is 0.231 e. The number of rotatable bonds is 5. The molecule has 2 aromatic heterocycles. The van der Waals surface area contributed by atoms with Crippen LogP contribution in [0.2, 0.25) is 0 Å². The molecule has 0 bridgehead atoms. The molecule has 1 aromatic carbocycles. The summed E-state index contributed by atoms with van der Waals surface area (Å²) in [6.07, 6.45) is 4.77. The number of hydrogen-bond acceptors (Lipinski definition) is 5. The monoisotopic (exact) mass is 353 g/mol. The van der Waals surface area contributed by atoms with E-state index in [1.165, 1.54) is 0 Å². The van der Waals surface area contributed by atoms with Crippen molar-refractivity contribution in [3.8, 4) is 10.7 Å². The first-order valence-corrected chi connectivity index (χ1v) is 9.43. The van der Waals surface area contributed by atoms with Gasteiger partial charge in [-0.3, -0.25) is 4.79 Å². The van der Waals surface area contributed by atoms with E-state index in [4.69, 9.17) is 4.52 Å². The minimum atomic E-state index is 0.120. The maximum absolute atomic E-state index is 12.4. The number of anilines is 1. The Morgan fingerprint density at radius 2 is 2.04 bits per heavy atom. The summed E-state index contributed by atoms with van der Waals surface area (Å²) >= 11 is 1.58. The second kappa shape index (κ2) is 7.19. The van der Waals surface area contributed by atoms with Crippen molar-refractivity contribution in [2.75, 3.05) is 5.32 Å². The first-order chi connectivity index (χ1) is 12.3. The number of nitrogens with one attached hydrogen (secondary N) is 1. The van der Waals surface area contributed by atoms with Gasteiger partial charge in [0.25, 0.3) is 0 Å². The Morgan fingerprint density at radius 3 is 2.84 bits per heavy atom. The van der Waals surface area contributed by atoms with Gasteiger partial charge >= 0.3 is 0 Å². The van der Waals surface area contributed by atoms with E-state index in [2.05, 4.69) is 15.5 Å². The van der Waals surface area contributed by atoms with Crippen molar-refractivity contribution in [2.24, 2.45) is 5.92 Å². The van der Waals surface area contributed by atoms with Gasteiger partial charge < -0.3 is 9.84 Å². The van der Waals surface area contributed by atoms with Crippen LogP contribution in [0.4, 0.5) is 5.69 Å². The van der Waals surface area contributed by atoms with E-state index >= 15 is 0 Å². The molecule has 1 aliphatic carbocycles. The predicted molar refractivity (Wildman–Crippen MR) is 97.4 cm³/mol. The summed E-state index contributed by atoms with van der Waals surface area (Å²) < 4.78 is 5.39. The van der Waals surface area contributed by atoms with Crippen LogP contribution in [0.1, 0.15) is 37.1 Å². The molecule has 25 heavy (non-hydrogen) atoms. The molecule has 0 spiro atoms. The molecule has 1 fully saturated rings. The lowest BCUT2D eigenvalue weighted by Crippen LogP contribution is -2.21. The normalized spacial score (nSPS) is 14.7. The largest absolute Gasteiger partial charge is 0.339 e. The van der Waals surface area contributed by atoms with Crippen LogP contribution < -0.4 is 5.32 Å². The van der Waals surface area contributed by atoms with Crippen molar-refractivity contribution >= 4 is 22.9 Å². The van der Waals surface area contributed by atoms with E-state index in [1.807, 2.05) is 41.8 Å². The molecule has 4 rings (SSSR count). The molecule has 6 heteroatoms. The first kappa shape index (κ1) is 16.0. The third kappa shape index (κ3) is 3.64. The Labute approximate surface area is 150 Å². The van der Waals surface area contributed by atoms with E-state index in [1.54, 1.807) is 11.3 Å². The molecule has 0 radical (unpaired) electrons. The lowest BCUT2D eigenvalue weighted by atomic mass is 10.1. The average molecular weight is 353 g/mol. The molecular formula is C19H19N3O2S. The number of benzene rings is 1. The van der Waals surface area contributed by atoms with Crippen molar-refractivity contribution in [1.82, 2.24) is 10.1 Å². The summed E-state index contributed by atoms with van der Waals surface area (Å²) in [5.74, 6) is 1.42. The van der Waals surface area contributed by atoms with Gasteiger partial charge in [-0.25, -0.2) is 0 Å². The minimum absolute atomic E-state index is 0.120. The summed E-state index contributed by atoms with van der Waals surface area (Å²) in [6, 6.07) is 11.7. The summed E-state index contributed by atoms with van der Waals surface area (Å²) in [6.45, 7) is 0. The summed E-state index contributed by atoms with van der Waals surface area (Å²) in [5.41, 5.74) is 1.81. The van der Waals surface area contributed by atoms with E-state index < -0.39 is 0 Å². The summed E-state index contributed by atoms with van der Waals surface area (Å²) in [7, 11) is 0. The van der Waals surface area contributed by atoms with Crippen molar-refractivity contribution < 1.29 is 9.32 Å². The van der Waals surface area contributed by atoms with Gasteiger partial charge in [-0.05, 0) is 35.9 Å². The molecule has 0 aliphatic heterocycles. The number of para-hydroxylation sites is 1. The zero-order valence-electron chi connectivity index (χ0n) is 13.8. The molecule has 128 valence electrons. The van der Waals surface area contributed by atoms with Crippen LogP contribution in [-0.2, 0) is 11.2 Å². The number of carbonyl (C=O) groups is 1. The van der Waals surface area contributed by atoms with Crippen molar-refractivity contribution in [3.63, 3.8) is 0 Å². The van der Waals surface area contributed by atoms with Gasteiger partial charge in [-0.15, -0.1) is 11.3 Å². The molecule has 0 saturated heterocycles. The average Bonchev–Trinajstić information content (AvgIpc) is 3.38. The fourth-order valence-electron chi connectivity index (χ4n) is 3.21. The first-order valence-electron chi connectivity index (χ1n) is 8.55. The molecule has 3 aromatic rings. The van der Waals surface area contributed by atoms with Gasteiger partial charge in [0.1, 0.15) is 0 Å². The number of hydrogen-bond donors (Lipinski definition) is 1. The highest BCUT2D eigenvalue weighted by Gasteiger charge is 2.23. The molecule has 2 heterocycles. The van der Waals surface area contributed by atoms with Gasteiger partial charge in [0, 0.05) is 11.6 Å². The Kier molecular flexibility index (Phi) is 4.61. The molecule has 1 saturated carbocycles. The van der Waals surface area contributed by atoms with Crippen LogP contribution >= 0.6 is 11.3 Å². The SMILES string of the molecule is O=C(Nc1ccccc1Cc1nc(-c2cccs2)no1)C1CCCC1. The zero-order valence-corrected chi connectivity index (χ0v) is 14.6. The van der Waals surface area contributed by atoms with Gasteiger partial charge in [0.15, 0.2) is 0 Å². The van der Waals surface area contributed by atoms with Gasteiger partial charge in [0.2, 0.25) is 17.6 Å². The van der Waals surface area contributed by atoms with Crippen LogP contribution in [0.15, 0.2) is 46.3 Å². The Bertz CT molecular complexity index is 851. The number of carbonyl (C=O) groups excluding carboxylic acids is 1. The number of thiophene rings is 1. The minimum Gasteiger partial charge on any atom is -0.339 e. The van der Waals surface area contributed by atoms with Crippen LogP contribution in [0.3, 0.4) is 0 Å². The van der Waals surface area contributed by atoms with E-state index in [0.717, 1.165) is 41.8 Å². The van der Waals surface area contributed by atoms with Crippen LogP contribution in [0.25, 0.3) is 10.7 Å². The highest BCUT2D eigenvalue weighted by molar-refractivity contribution is 7.13. The van der Waals surface area contributed by atoms with Gasteiger partial charge in [0.05, 0.1) is 11.3 Å². The third-order valence-corrected chi connectivity index (χ3v) is 5.42. The second-order valence-corrected chi connectivity index (χ2v) is 7.24.